The van der Waals surface area contributed by atoms with Gasteiger partial charge in [-0.15, -0.1) is 0 Å². The number of ether oxygens (including phenoxy) is 1. The Hall–Kier alpha value is -1.69. The molecule has 1 aromatic heterocycles. The standard InChI is InChI=1S/C18H22N2O3/c21-17-11-23-10-16(17)20-7-5-12(6-8-20)15-9-13-3-1-2-4-14(13)18(22)19-15/h1-4,9,12,16-17,21H,5-8,10-11H2,(H,19,22)/t16-,17-/m1/s1. The quantitative estimate of drug-likeness (QED) is 0.881. The maximum atomic E-state index is 12.2. The lowest BCUT2D eigenvalue weighted by molar-refractivity contribution is 0.0660. The van der Waals surface area contributed by atoms with Gasteiger partial charge < -0.3 is 14.8 Å². The molecule has 2 N–H and O–H groups in total. The number of H-pyrrole nitrogens is 1. The summed E-state index contributed by atoms with van der Waals surface area (Å²) in [6, 6.07) is 9.97. The van der Waals surface area contributed by atoms with E-state index in [-0.39, 0.29) is 17.7 Å². The summed E-state index contributed by atoms with van der Waals surface area (Å²) in [5.74, 6) is 0.378. The van der Waals surface area contributed by atoms with Gasteiger partial charge in [0.15, 0.2) is 0 Å². The number of piperidine rings is 1. The molecule has 1 aromatic carbocycles. The van der Waals surface area contributed by atoms with E-state index < -0.39 is 0 Å². The number of aliphatic hydroxyl groups excluding tert-OH is 1. The lowest BCUT2D eigenvalue weighted by atomic mass is 9.91. The molecule has 0 amide bonds. The molecule has 0 unspecified atom stereocenters. The molecule has 2 aromatic rings. The van der Waals surface area contributed by atoms with Crippen molar-refractivity contribution in [3.05, 3.63) is 46.4 Å². The lowest BCUT2D eigenvalue weighted by Crippen LogP contribution is -2.46. The average molecular weight is 314 g/mol. The molecule has 3 heterocycles. The SMILES string of the molecule is O=c1[nH]c(C2CCN([C@@H]3COC[C@H]3O)CC2)cc2ccccc12. The molecule has 122 valence electrons. The minimum atomic E-state index is -0.368. The van der Waals surface area contributed by atoms with E-state index in [1.165, 1.54) is 0 Å². The van der Waals surface area contributed by atoms with Crippen molar-refractivity contribution >= 4 is 10.8 Å². The van der Waals surface area contributed by atoms with Gasteiger partial charge in [-0.25, -0.2) is 0 Å². The van der Waals surface area contributed by atoms with E-state index in [4.69, 9.17) is 4.74 Å². The Balaban J connectivity index is 1.51. The Morgan fingerprint density at radius 1 is 1.17 bits per heavy atom. The summed E-state index contributed by atoms with van der Waals surface area (Å²) in [6.07, 6.45) is 1.63. The van der Waals surface area contributed by atoms with Gasteiger partial charge >= 0.3 is 0 Å². The van der Waals surface area contributed by atoms with Crippen LogP contribution in [0.15, 0.2) is 35.1 Å². The van der Waals surface area contributed by atoms with E-state index >= 15 is 0 Å². The third kappa shape index (κ3) is 2.80. The summed E-state index contributed by atoms with van der Waals surface area (Å²) in [5.41, 5.74) is 1.04. The molecule has 2 saturated heterocycles. The van der Waals surface area contributed by atoms with E-state index in [0.717, 1.165) is 42.4 Å². The van der Waals surface area contributed by atoms with Crippen molar-refractivity contribution in [2.75, 3.05) is 26.3 Å². The average Bonchev–Trinajstić information content (AvgIpc) is 3.01. The number of aromatic nitrogens is 1. The zero-order chi connectivity index (χ0) is 15.8. The van der Waals surface area contributed by atoms with Gasteiger partial charge in [0.25, 0.3) is 5.56 Å². The van der Waals surface area contributed by atoms with E-state index in [2.05, 4.69) is 16.0 Å². The predicted octanol–water partition coefficient (Wildman–Crippen LogP) is 1.47. The van der Waals surface area contributed by atoms with Crippen LogP contribution < -0.4 is 5.56 Å². The molecule has 5 nitrogen and oxygen atoms in total. The summed E-state index contributed by atoms with van der Waals surface area (Å²) >= 11 is 0. The number of likely N-dealkylation sites (tertiary alicyclic amines) is 1. The van der Waals surface area contributed by atoms with E-state index in [1.807, 2.05) is 24.3 Å². The summed E-state index contributed by atoms with van der Waals surface area (Å²) in [6.45, 7) is 2.94. The van der Waals surface area contributed by atoms with Crippen molar-refractivity contribution in [2.24, 2.45) is 0 Å². The molecule has 5 heteroatoms. The number of hydrogen-bond donors (Lipinski definition) is 2. The number of pyridine rings is 1. The van der Waals surface area contributed by atoms with Crippen LogP contribution >= 0.6 is 0 Å². The fourth-order valence-corrected chi connectivity index (χ4v) is 3.87. The molecule has 0 bridgehead atoms. The first-order valence-electron chi connectivity index (χ1n) is 8.34. The van der Waals surface area contributed by atoms with Crippen molar-refractivity contribution in [1.29, 1.82) is 0 Å². The van der Waals surface area contributed by atoms with E-state index in [1.54, 1.807) is 0 Å². The first kappa shape index (κ1) is 14.9. The normalized spacial score (nSPS) is 26.8. The fraction of sp³-hybridized carbons (Fsp3) is 0.500. The number of aliphatic hydroxyl groups is 1. The van der Waals surface area contributed by atoms with Crippen molar-refractivity contribution in [3.63, 3.8) is 0 Å². The highest BCUT2D eigenvalue weighted by Crippen LogP contribution is 2.29. The minimum Gasteiger partial charge on any atom is -0.389 e. The van der Waals surface area contributed by atoms with E-state index in [9.17, 15) is 9.90 Å². The highest BCUT2D eigenvalue weighted by molar-refractivity contribution is 5.81. The summed E-state index contributed by atoms with van der Waals surface area (Å²) in [7, 11) is 0. The molecule has 0 aliphatic carbocycles. The number of fused-ring (bicyclic) bond motifs is 1. The smallest absolute Gasteiger partial charge is 0.256 e. The van der Waals surface area contributed by atoms with Gasteiger partial charge in [0, 0.05) is 17.0 Å². The van der Waals surface area contributed by atoms with E-state index in [0.29, 0.717) is 19.1 Å². The zero-order valence-corrected chi connectivity index (χ0v) is 13.1. The van der Waals surface area contributed by atoms with Crippen LogP contribution in [-0.2, 0) is 4.74 Å². The van der Waals surface area contributed by atoms with Crippen LogP contribution in [0, 0.1) is 0 Å². The Kier molecular flexibility index (Phi) is 3.93. The number of nitrogens with one attached hydrogen (secondary N) is 1. The summed E-state index contributed by atoms with van der Waals surface area (Å²) in [5, 5.41) is 11.7. The Morgan fingerprint density at radius 2 is 1.96 bits per heavy atom. The van der Waals surface area contributed by atoms with Crippen molar-refractivity contribution in [1.82, 2.24) is 9.88 Å². The first-order valence-corrected chi connectivity index (χ1v) is 8.34. The first-order chi connectivity index (χ1) is 11.2. The molecule has 2 atom stereocenters. The van der Waals surface area contributed by atoms with Gasteiger partial charge in [-0.1, -0.05) is 18.2 Å². The lowest BCUT2D eigenvalue weighted by Gasteiger charge is -2.36. The second-order valence-corrected chi connectivity index (χ2v) is 6.62. The van der Waals surface area contributed by atoms with Crippen molar-refractivity contribution < 1.29 is 9.84 Å². The van der Waals surface area contributed by atoms with Crippen LogP contribution in [0.1, 0.15) is 24.5 Å². The molecular weight excluding hydrogens is 292 g/mol. The maximum absolute atomic E-state index is 12.2. The number of aromatic amines is 1. The molecule has 0 spiro atoms. The van der Waals surface area contributed by atoms with Crippen LogP contribution in [0.3, 0.4) is 0 Å². The van der Waals surface area contributed by atoms with Gasteiger partial charge in [0.05, 0.1) is 25.4 Å². The maximum Gasteiger partial charge on any atom is 0.256 e. The largest absolute Gasteiger partial charge is 0.389 e. The third-order valence-corrected chi connectivity index (χ3v) is 5.23. The Labute approximate surface area is 134 Å². The van der Waals surface area contributed by atoms with Gasteiger partial charge in [-0.3, -0.25) is 9.69 Å². The van der Waals surface area contributed by atoms with Crippen LogP contribution in [0.5, 0.6) is 0 Å². The fourth-order valence-electron chi connectivity index (χ4n) is 3.87. The molecule has 2 fully saturated rings. The topological polar surface area (TPSA) is 65.6 Å². The molecule has 0 radical (unpaired) electrons. The van der Waals surface area contributed by atoms with Crippen LogP contribution in [0.25, 0.3) is 10.8 Å². The molecule has 0 saturated carbocycles. The number of nitrogens with zero attached hydrogens (tertiary/aromatic N) is 1. The van der Waals surface area contributed by atoms with Crippen LogP contribution in [-0.4, -0.2) is 53.4 Å². The number of benzene rings is 1. The monoisotopic (exact) mass is 314 g/mol. The highest BCUT2D eigenvalue weighted by Gasteiger charge is 2.34. The molecule has 2 aliphatic rings. The molecule has 2 aliphatic heterocycles. The number of hydrogen-bond acceptors (Lipinski definition) is 4. The van der Waals surface area contributed by atoms with Crippen LogP contribution in [0.2, 0.25) is 0 Å². The van der Waals surface area contributed by atoms with Crippen LogP contribution in [0.4, 0.5) is 0 Å². The Bertz CT molecular complexity index is 749. The second kappa shape index (κ2) is 6.07. The van der Waals surface area contributed by atoms with Crippen molar-refractivity contribution in [2.45, 2.75) is 30.9 Å². The minimum absolute atomic E-state index is 0.000134. The van der Waals surface area contributed by atoms with Gasteiger partial charge in [0.2, 0.25) is 0 Å². The third-order valence-electron chi connectivity index (χ3n) is 5.23. The van der Waals surface area contributed by atoms with Gasteiger partial charge in [-0.05, 0) is 43.5 Å². The highest BCUT2D eigenvalue weighted by atomic mass is 16.5. The summed E-state index contributed by atoms with van der Waals surface area (Å²) in [4.78, 5) is 17.6. The second-order valence-electron chi connectivity index (χ2n) is 6.62. The summed E-state index contributed by atoms with van der Waals surface area (Å²) < 4.78 is 5.36. The van der Waals surface area contributed by atoms with Gasteiger partial charge in [-0.2, -0.15) is 0 Å². The van der Waals surface area contributed by atoms with Crippen molar-refractivity contribution in [3.8, 4) is 0 Å². The molecule has 23 heavy (non-hydrogen) atoms. The number of rotatable bonds is 2. The van der Waals surface area contributed by atoms with Gasteiger partial charge in [0.1, 0.15) is 0 Å². The molecule has 4 rings (SSSR count). The zero-order valence-electron chi connectivity index (χ0n) is 13.1. The molecular formula is C18H22N2O3. The Morgan fingerprint density at radius 3 is 2.70 bits per heavy atom. The predicted molar refractivity (Wildman–Crippen MR) is 88.7 cm³/mol.